The molecule has 0 spiro atoms. The second-order valence-electron chi connectivity index (χ2n) is 9.90. The van der Waals surface area contributed by atoms with Gasteiger partial charge in [0.25, 0.3) is 0 Å². The Balaban J connectivity index is 1.82. The van der Waals surface area contributed by atoms with Crippen LogP contribution in [-0.2, 0) is 15.1 Å². The molecule has 7 nitrogen and oxygen atoms in total. The van der Waals surface area contributed by atoms with E-state index in [1.165, 1.54) is 4.57 Å². The minimum absolute atomic E-state index is 0.362. The van der Waals surface area contributed by atoms with E-state index in [9.17, 15) is 14.7 Å². The van der Waals surface area contributed by atoms with E-state index in [0.717, 1.165) is 10.9 Å². The van der Waals surface area contributed by atoms with Crippen LogP contribution in [0.15, 0.2) is 30.5 Å². The van der Waals surface area contributed by atoms with Crippen LogP contribution < -0.4 is 0 Å². The normalized spacial score (nSPS) is 17.1. The van der Waals surface area contributed by atoms with Gasteiger partial charge in [0.1, 0.15) is 11.2 Å². The quantitative estimate of drug-likeness (QED) is 0.732. The lowest BCUT2D eigenvalue weighted by molar-refractivity contribution is -0.0348. The number of carbonyl (C=O) groups excluding carboxylic acids is 2. The fourth-order valence-electron chi connectivity index (χ4n) is 3.70. The highest BCUT2D eigenvalue weighted by molar-refractivity contribution is 5.92. The van der Waals surface area contributed by atoms with Gasteiger partial charge >= 0.3 is 12.2 Å². The lowest BCUT2D eigenvalue weighted by Crippen LogP contribution is -2.46. The van der Waals surface area contributed by atoms with Crippen LogP contribution in [0, 0.1) is 0 Å². The van der Waals surface area contributed by atoms with E-state index < -0.39 is 22.9 Å². The lowest BCUT2D eigenvalue weighted by Gasteiger charge is -2.39. The summed E-state index contributed by atoms with van der Waals surface area (Å²) in [6.45, 7) is 11.8. The number of rotatable bonds is 1. The van der Waals surface area contributed by atoms with Gasteiger partial charge in [0.15, 0.2) is 0 Å². The van der Waals surface area contributed by atoms with Gasteiger partial charge in [-0.05, 0) is 72.1 Å². The molecule has 1 aromatic carbocycles. The third-order valence-corrected chi connectivity index (χ3v) is 5.07. The van der Waals surface area contributed by atoms with Crippen molar-refractivity contribution in [1.29, 1.82) is 0 Å². The number of likely N-dealkylation sites (tertiary alicyclic amines) is 1. The van der Waals surface area contributed by atoms with Crippen molar-refractivity contribution >= 4 is 23.1 Å². The zero-order chi connectivity index (χ0) is 22.3. The van der Waals surface area contributed by atoms with Gasteiger partial charge in [-0.3, -0.25) is 4.57 Å². The summed E-state index contributed by atoms with van der Waals surface area (Å²) in [5.41, 5.74) is -0.798. The molecule has 0 aliphatic carbocycles. The molecule has 7 heteroatoms. The molecular formula is C23H32N2O5. The monoisotopic (exact) mass is 416 g/mol. The molecule has 1 aliphatic heterocycles. The number of aromatic nitrogens is 1. The van der Waals surface area contributed by atoms with E-state index in [1.807, 2.05) is 65.8 Å². The van der Waals surface area contributed by atoms with Crippen molar-refractivity contribution < 1.29 is 24.2 Å². The summed E-state index contributed by atoms with van der Waals surface area (Å²) in [7, 11) is 0. The Morgan fingerprint density at radius 3 is 2.07 bits per heavy atom. The molecule has 0 unspecified atom stereocenters. The average molecular weight is 417 g/mol. The number of carbonyl (C=O) groups is 2. The molecular weight excluding hydrogens is 384 g/mol. The van der Waals surface area contributed by atoms with Gasteiger partial charge < -0.3 is 19.5 Å². The van der Waals surface area contributed by atoms with Gasteiger partial charge in [0.05, 0.1) is 11.1 Å². The summed E-state index contributed by atoms with van der Waals surface area (Å²) in [5, 5.41) is 12.2. The number of hydrogen-bond donors (Lipinski definition) is 1. The zero-order valence-electron chi connectivity index (χ0n) is 18.7. The molecule has 2 aromatic rings. The van der Waals surface area contributed by atoms with Gasteiger partial charge in [-0.1, -0.05) is 12.1 Å². The Kier molecular flexibility index (Phi) is 5.62. The molecule has 1 aromatic heterocycles. The highest BCUT2D eigenvalue weighted by atomic mass is 16.6. The Hall–Kier alpha value is -2.54. The van der Waals surface area contributed by atoms with E-state index >= 15 is 0 Å². The standard InChI is InChI=1S/C23H32N2O5/c1-21(2,3)29-19(26)24-14-11-23(28,12-15-24)17-8-7-9-18-16(17)10-13-25(18)20(27)30-22(4,5)6/h7-10,13,28H,11-12,14-15H2,1-6H3. The molecule has 164 valence electrons. The van der Waals surface area contributed by atoms with E-state index in [-0.39, 0.29) is 6.09 Å². The molecule has 1 saturated heterocycles. The Labute approximate surface area is 177 Å². The number of nitrogens with zero attached hydrogens (tertiary/aromatic N) is 2. The van der Waals surface area contributed by atoms with Crippen LogP contribution in [0.1, 0.15) is 59.9 Å². The van der Waals surface area contributed by atoms with Crippen molar-refractivity contribution in [2.24, 2.45) is 0 Å². The summed E-state index contributed by atoms with van der Waals surface area (Å²) in [6, 6.07) is 7.37. The third-order valence-electron chi connectivity index (χ3n) is 5.07. The van der Waals surface area contributed by atoms with Crippen LogP contribution in [0.2, 0.25) is 0 Å². The van der Waals surface area contributed by atoms with E-state index in [2.05, 4.69) is 0 Å². The van der Waals surface area contributed by atoms with Crippen molar-refractivity contribution in [1.82, 2.24) is 9.47 Å². The predicted molar refractivity (Wildman–Crippen MR) is 115 cm³/mol. The Bertz CT molecular complexity index is 941. The van der Waals surface area contributed by atoms with Gasteiger partial charge in [0.2, 0.25) is 0 Å². The Morgan fingerprint density at radius 1 is 0.933 bits per heavy atom. The maximum atomic E-state index is 12.6. The van der Waals surface area contributed by atoms with Crippen molar-refractivity contribution in [3.8, 4) is 0 Å². The van der Waals surface area contributed by atoms with Crippen LogP contribution in [0.25, 0.3) is 10.9 Å². The summed E-state index contributed by atoms with van der Waals surface area (Å²) in [5.74, 6) is 0. The minimum atomic E-state index is -1.09. The van der Waals surface area contributed by atoms with Crippen molar-refractivity contribution in [3.05, 3.63) is 36.0 Å². The average Bonchev–Trinajstić information content (AvgIpc) is 3.03. The molecule has 1 fully saturated rings. The maximum absolute atomic E-state index is 12.6. The molecule has 0 atom stereocenters. The van der Waals surface area contributed by atoms with Gasteiger partial charge in [0, 0.05) is 24.7 Å². The van der Waals surface area contributed by atoms with E-state index in [1.54, 1.807) is 11.1 Å². The number of amides is 1. The molecule has 0 bridgehead atoms. The number of hydrogen-bond acceptors (Lipinski definition) is 5. The maximum Gasteiger partial charge on any atom is 0.418 e. The first-order chi connectivity index (χ1) is 13.8. The lowest BCUT2D eigenvalue weighted by atomic mass is 9.83. The number of piperidine rings is 1. The first-order valence-electron chi connectivity index (χ1n) is 10.3. The van der Waals surface area contributed by atoms with Gasteiger partial charge in [-0.15, -0.1) is 0 Å². The first-order valence-corrected chi connectivity index (χ1v) is 10.3. The van der Waals surface area contributed by atoms with Crippen molar-refractivity contribution in [3.63, 3.8) is 0 Å². The van der Waals surface area contributed by atoms with Gasteiger partial charge in [-0.25, -0.2) is 9.59 Å². The van der Waals surface area contributed by atoms with Crippen LogP contribution in [-0.4, -0.2) is 51.1 Å². The van der Waals surface area contributed by atoms with Crippen LogP contribution in [0.3, 0.4) is 0 Å². The molecule has 0 saturated carbocycles. The van der Waals surface area contributed by atoms with Crippen LogP contribution in [0.5, 0.6) is 0 Å². The second kappa shape index (κ2) is 7.61. The summed E-state index contributed by atoms with van der Waals surface area (Å²) in [6.07, 6.45) is 1.63. The highest BCUT2D eigenvalue weighted by Crippen LogP contribution is 2.37. The summed E-state index contributed by atoms with van der Waals surface area (Å²) < 4.78 is 12.4. The van der Waals surface area contributed by atoms with E-state index in [0.29, 0.717) is 31.4 Å². The first kappa shape index (κ1) is 22.2. The minimum Gasteiger partial charge on any atom is -0.444 e. The highest BCUT2D eigenvalue weighted by Gasteiger charge is 2.38. The number of aliphatic hydroxyl groups is 1. The molecule has 1 amide bonds. The third kappa shape index (κ3) is 4.78. The van der Waals surface area contributed by atoms with Crippen LogP contribution in [0.4, 0.5) is 9.59 Å². The Morgan fingerprint density at radius 2 is 1.50 bits per heavy atom. The summed E-state index contributed by atoms with van der Waals surface area (Å²) >= 11 is 0. The molecule has 1 N–H and O–H groups in total. The number of ether oxygens (including phenoxy) is 2. The molecule has 3 rings (SSSR count). The van der Waals surface area contributed by atoms with Gasteiger partial charge in [-0.2, -0.15) is 0 Å². The molecule has 1 aliphatic rings. The van der Waals surface area contributed by atoms with Crippen LogP contribution >= 0.6 is 0 Å². The predicted octanol–water partition coefficient (Wildman–Crippen LogP) is 4.64. The smallest absolute Gasteiger partial charge is 0.418 e. The fourth-order valence-corrected chi connectivity index (χ4v) is 3.70. The molecule has 2 heterocycles. The summed E-state index contributed by atoms with van der Waals surface area (Å²) in [4.78, 5) is 26.5. The van der Waals surface area contributed by atoms with Crippen molar-refractivity contribution in [2.45, 2.75) is 71.2 Å². The molecule has 0 radical (unpaired) electrons. The molecule has 30 heavy (non-hydrogen) atoms. The fraction of sp³-hybridized carbons (Fsp3) is 0.565. The zero-order valence-corrected chi connectivity index (χ0v) is 18.7. The number of fused-ring (bicyclic) bond motifs is 1. The second-order valence-corrected chi connectivity index (χ2v) is 9.90. The number of benzene rings is 1. The SMILES string of the molecule is CC(C)(C)OC(=O)N1CCC(O)(c2cccc3c2ccn3C(=O)OC(C)(C)C)CC1. The van der Waals surface area contributed by atoms with Crippen molar-refractivity contribution in [2.75, 3.05) is 13.1 Å². The topological polar surface area (TPSA) is 81.0 Å². The van der Waals surface area contributed by atoms with E-state index in [4.69, 9.17) is 9.47 Å². The largest absolute Gasteiger partial charge is 0.444 e.